The lowest BCUT2D eigenvalue weighted by molar-refractivity contribution is 0.681. The zero-order valence-corrected chi connectivity index (χ0v) is 15.0. The summed E-state index contributed by atoms with van der Waals surface area (Å²) in [6.07, 6.45) is 0.862. The second kappa shape index (κ2) is 9.42. The van der Waals surface area contributed by atoms with E-state index in [2.05, 4.69) is 26.0 Å². The highest BCUT2D eigenvalue weighted by atomic mass is 32.2. The van der Waals surface area contributed by atoms with Crippen LogP contribution in [0.1, 0.15) is 10.7 Å². The van der Waals surface area contributed by atoms with Gasteiger partial charge in [-0.1, -0.05) is 18.2 Å². The number of aromatic nitrogens is 1. The van der Waals surface area contributed by atoms with Gasteiger partial charge >= 0.3 is 0 Å². The van der Waals surface area contributed by atoms with Gasteiger partial charge in [0.2, 0.25) is 0 Å². The van der Waals surface area contributed by atoms with Crippen LogP contribution in [0.2, 0.25) is 0 Å². The van der Waals surface area contributed by atoms with Gasteiger partial charge in [0, 0.05) is 42.6 Å². The van der Waals surface area contributed by atoms with Crippen molar-refractivity contribution in [1.82, 2.24) is 15.6 Å². The molecule has 2 N–H and O–H groups in total. The lowest BCUT2D eigenvalue weighted by Crippen LogP contribution is -2.40. The van der Waals surface area contributed by atoms with Crippen LogP contribution in [0.5, 0.6) is 0 Å². The van der Waals surface area contributed by atoms with Gasteiger partial charge in [-0.2, -0.15) is 0 Å². The molecule has 1 heterocycles. The van der Waals surface area contributed by atoms with E-state index in [1.54, 1.807) is 18.4 Å². The fourth-order valence-electron chi connectivity index (χ4n) is 2.00. The number of hydrogen-bond acceptors (Lipinski definition) is 4. The van der Waals surface area contributed by atoms with Crippen molar-refractivity contribution in [2.24, 2.45) is 4.99 Å². The topological polar surface area (TPSA) is 66.4 Å². The Bertz CT molecular complexity index is 655. The third kappa shape index (κ3) is 6.11. The number of hydrogen-bond donors (Lipinski definition) is 2. The summed E-state index contributed by atoms with van der Waals surface area (Å²) >= 11 is 1.67. The first-order valence-corrected chi connectivity index (χ1v) is 9.68. The molecule has 1 aromatic carbocycles. The van der Waals surface area contributed by atoms with Gasteiger partial charge in [-0.05, 0) is 19.1 Å². The lowest BCUT2D eigenvalue weighted by atomic mass is 10.3. The molecule has 23 heavy (non-hydrogen) atoms. The Hall–Kier alpha value is -1.73. The molecule has 0 fully saturated rings. The Morgan fingerprint density at radius 2 is 2.00 bits per heavy atom. The lowest BCUT2D eigenvalue weighted by Gasteiger charge is -2.11. The Labute approximate surface area is 143 Å². The molecular weight excluding hydrogens is 328 g/mol. The molecule has 2 rings (SSSR count). The normalized spacial score (nSPS) is 12.9. The van der Waals surface area contributed by atoms with Crippen molar-refractivity contribution in [2.45, 2.75) is 18.2 Å². The van der Waals surface area contributed by atoms with Crippen molar-refractivity contribution in [1.29, 1.82) is 0 Å². The summed E-state index contributed by atoms with van der Waals surface area (Å²) in [6, 6.07) is 9.51. The summed E-state index contributed by atoms with van der Waals surface area (Å²) in [5.74, 6) is 1.28. The summed E-state index contributed by atoms with van der Waals surface area (Å²) in [4.78, 5) is 9.46. The SMILES string of the molecule is CN=C(NCCc1csc(C)n1)NCCS(=O)c1ccccc1. The molecule has 0 spiro atoms. The summed E-state index contributed by atoms with van der Waals surface area (Å²) in [5, 5.41) is 9.60. The first kappa shape index (κ1) is 17.6. The largest absolute Gasteiger partial charge is 0.356 e. The van der Waals surface area contributed by atoms with Gasteiger partial charge < -0.3 is 10.6 Å². The maximum atomic E-state index is 12.1. The number of nitrogens with zero attached hydrogens (tertiary/aromatic N) is 2. The van der Waals surface area contributed by atoms with Gasteiger partial charge in [0.05, 0.1) is 21.5 Å². The second-order valence-corrected chi connectivity index (χ2v) is 7.53. The summed E-state index contributed by atoms with van der Waals surface area (Å²) in [7, 11) is 0.744. The molecule has 7 heteroatoms. The van der Waals surface area contributed by atoms with E-state index < -0.39 is 10.8 Å². The first-order chi connectivity index (χ1) is 11.2. The first-order valence-electron chi connectivity index (χ1n) is 7.48. The molecule has 0 saturated heterocycles. The fourth-order valence-corrected chi connectivity index (χ4v) is 3.64. The number of rotatable bonds is 7. The number of thiazole rings is 1. The van der Waals surface area contributed by atoms with Gasteiger partial charge in [0.25, 0.3) is 0 Å². The Morgan fingerprint density at radius 1 is 1.26 bits per heavy atom. The van der Waals surface area contributed by atoms with E-state index in [-0.39, 0.29) is 0 Å². The van der Waals surface area contributed by atoms with Crippen LogP contribution in [0, 0.1) is 6.92 Å². The predicted molar refractivity (Wildman–Crippen MR) is 97.6 cm³/mol. The molecule has 2 aromatic rings. The van der Waals surface area contributed by atoms with E-state index in [4.69, 9.17) is 0 Å². The number of aryl methyl sites for hydroxylation is 1. The standard InChI is InChI=1S/C16H22N4OS2/c1-13-20-14(12-22-13)8-9-18-16(17-2)19-10-11-23(21)15-6-4-3-5-7-15/h3-7,12H,8-11H2,1-2H3,(H2,17,18,19). The van der Waals surface area contributed by atoms with Crippen molar-refractivity contribution in [3.63, 3.8) is 0 Å². The van der Waals surface area contributed by atoms with Crippen LogP contribution in [-0.2, 0) is 17.2 Å². The summed E-state index contributed by atoms with van der Waals surface area (Å²) in [6.45, 7) is 3.39. The minimum absolute atomic E-state index is 0.552. The van der Waals surface area contributed by atoms with Crippen LogP contribution in [0.25, 0.3) is 0 Å². The quantitative estimate of drug-likeness (QED) is 0.592. The molecular formula is C16H22N4OS2. The smallest absolute Gasteiger partial charge is 0.191 e. The molecule has 1 unspecified atom stereocenters. The molecule has 1 atom stereocenters. The maximum Gasteiger partial charge on any atom is 0.191 e. The molecule has 1 aromatic heterocycles. The molecule has 124 valence electrons. The van der Waals surface area contributed by atoms with Crippen molar-refractivity contribution in [2.75, 3.05) is 25.9 Å². The zero-order chi connectivity index (χ0) is 16.5. The van der Waals surface area contributed by atoms with Crippen LogP contribution in [0.3, 0.4) is 0 Å². The van der Waals surface area contributed by atoms with E-state index in [0.29, 0.717) is 12.3 Å². The monoisotopic (exact) mass is 350 g/mol. The summed E-state index contributed by atoms with van der Waals surface area (Å²) in [5.41, 5.74) is 1.10. The summed E-state index contributed by atoms with van der Waals surface area (Å²) < 4.78 is 12.1. The Morgan fingerprint density at radius 3 is 2.65 bits per heavy atom. The Balaban J connectivity index is 1.68. The van der Waals surface area contributed by atoms with E-state index in [0.717, 1.165) is 34.5 Å². The molecule has 0 aliphatic rings. The van der Waals surface area contributed by atoms with E-state index in [1.807, 2.05) is 37.3 Å². The van der Waals surface area contributed by atoms with Crippen LogP contribution in [0.15, 0.2) is 45.6 Å². The predicted octanol–water partition coefficient (Wildman–Crippen LogP) is 1.97. The van der Waals surface area contributed by atoms with Gasteiger partial charge in [0.1, 0.15) is 0 Å². The highest BCUT2D eigenvalue weighted by Crippen LogP contribution is 2.07. The number of guanidine groups is 1. The zero-order valence-electron chi connectivity index (χ0n) is 13.4. The van der Waals surface area contributed by atoms with E-state index in [9.17, 15) is 4.21 Å². The number of aliphatic imine (C=N–C) groups is 1. The van der Waals surface area contributed by atoms with E-state index >= 15 is 0 Å². The number of benzene rings is 1. The van der Waals surface area contributed by atoms with Crippen molar-refractivity contribution in [3.05, 3.63) is 46.4 Å². The Kier molecular flexibility index (Phi) is 7.22. The average molecular weight is 351 g/mol. The third-order valence-corrected chi connectivity index (χ3v) is 5.34. The highest BCUT2D eigenvalue weighted by Gasteiger charge is 2.04. The molecule has 0 saturated carbocycles. The van der Waals surface area contributed by atoms with Crippen LogP contribution in [0.4, 0.5) is 0 Å². The molecule has 5 nitrogen and oxygen atoms in total. The van der Waals surface area contributed by atoms with Gasteiger partial charge in [0.15, 0.2) is 5.96 Å². The fraction of sp³-hybridized carbons (Fsp3) is 0.375. The second-order valence-electron chi connectivity index (χ2n) is 4.90. The van der Waals surface area contributed by atoms with Crippen molar-refractivity contribution >= 4 is 28.1 Å². The van der Waals surface area contributed by atoms with Gasteiger partial charge in [-0.25, -0.2) is 4.98 Å². The molecule has 0 radical (unpaired) electrons. The molecule has 0 aliphatic carbocycles. The molecule has 0 aliphatic heterocycles. The van der Waals surface area contributed by atoms with E-state index in [1.165, 1.54) is 0 Å². The molecule has 0 amide bonds. The number of nitrogens with one attached hydrogen (secondary N) is 2. The van der Waals surface area contributed by atoms with Crippen molar-refractivity contribution in [3.8, 4) is 0 Å². The van der Waals surface area contributed by atoms with Crippen LogP contribution in [-0.4, -0.2) is 41.0 Å². The average Bonchev–Trinajstić information content (AvgIpc) is 2.99. The third-order valence-electron chi connectivity index (χ3n) is 3.15. The maximum absolute atomic E-state index is 12.1. The van der Waals surface area contributed by atoms with Gasteiger partial charge in [-0.15, -0.1) is 11.3 Å². The minimum atomic E-state index is -0.988. The minimum Gasteiger partial charge on any atom is -0.356 e. The van der Waals surface area contributed by atoms with Gasteiger partial charge in [-0.3, -0.25) is 9.20 Å². The highest BCUT2D eigenvalue weighted by molar-refractivity contribution is 7.85. The van der Waals surface area contributed by atoms with Crippen LogP contribution >= 0.6 is 11.3 Å². The van der Waals surface area contributed by atoms with Crippen molar-refractivity contribution < 1.29 is 4.21 Å². The van der Waals surface area contributed by atoms with Crippen LogP contribution < -0.4 is 10.6 Å². The molecule has 0 bridgehead atoms.